The van der Waals surface area contributed by atoms with E-state index in [1.165, 1.54) is 0 Å². The molecular weight excluding hydrogens is 900 g/mol. The highest BCUT2D eigenvalue weighted by Crippen LogP contribution is 2.50. The summed E-state index contributed by atoms with van der Waals surface area (Å²) < 4.78 is 72.1. The fourth-order valence-corrected chi connectivity index (χ4v) is 11.6. The summed E-state index contributed by atoms with van der Waals surface area (Å²) in [6, 6.07) is 13.5. The third-order valence-electron chi connectivity index (χ3n) is 8.40. The zero-order valence-electron chi connectivity index (χ0n) is 26.9. The molecule has 1 aliphatic rings. The molecule has 49 heavy (non-hydrogen) atoms. The van der Waals surface area contributed by atoms with Crippen LogP contribution >= 0.6 is 56.9 Å². The predicted octanol–water partition coefficient (Wildman–Crippen LogP) is 11.1. The normalized spacial score (nSPS) is 12.9. The largest absolute Gasteiger partial charge is 0.490 e. The quantitative estimate of drug-likeness (QED) is 0.0529. The fraction of sp³-hybridized carbons (Fsp3) is 0.270. The molecule has 1 aromatic heterocycles. The maximum absolute atomic E-state index is 14.6. The van der Waals surface area contributed by atoms with Crippen molar-refractivity contribution in [2.75, 3.05) is 26.2 Å². The Morgan fingerprint density at radius 3 is 2.02 bits per heavy atom. The van der Waals surface area contributed by atoms with Gasteiger partial charge in [-0.2, -0.15) is 0 Å². The number of benzene rings is 4. The van der Waals surface area contributed by atoms with E-state index < -0.39 is 34.2 Å². The van der Waals surface area contributed by atoms with Crippen LogP contribution in [0.4, 0.5) is 17.6 Å². The molecule has 4 nitrogen and oxygen atoms in total. The summed E-state index contributed by atoms with van der Waals surface area (Å²) in [4.78, 5) is 19.0. The molecule has 0 saturated heterocycles. The van der Waals surface area contributed by atoms with Gasteiger partial charge in [0.05, 0.1) is 22.5 Å². The minimum Gasteiger partial charge on any atom is -0.490 e. The summed E-state index contributed by atoms with van der Waals surface area (Å²) in [7, 11) is -1.11. The minimum absolute atomic E-state index is 0.176. The Balaban J connectivity index is 1.41. The van der Waals surface area contributed by atoms with E-state index in [4.69, 9.17) is 9.15 Å². The van der Waals surface area contributed by atoms with Crippen LogP contribution in [0.2, 0.25) is 0 Å². The minimum atomic E-state index is -1.11. The van der Waals surface area contributed by atoms with Crippen LogP contribution in [0.15, 0.2) is 83.5 Å². The third-order valence-corrected chi connectivity index (χ3v) is 13.7. The summed E-state index contributed by atoms with van der Waals surface area (Å²) in [5.74, 6) is -2.96. The average Bonchev–Trinajstić information content (AvgIpc) is 3.44. The van der Waals surface area contributed by atoms with Gasteiger partial charge < -0.3 is 14.1 Å². The van der Waals surface area contributed by atoms with Gasteiger partial charge >= 0.3 is 0 Å². The maximum Gasteiger partial charge on any atom is 0.197 e. The molecule has 2 heterocycles. The van der Waals surface area contributed by atoms with Crippen LogP contribution in [0.25, 0.3) is 11.0 Å². The molecule has 0 aliphatic carbocycles. The Labute approximate surface area is 317 Å². The van der Waals surface area contributed by atoms with Gasteiger partial charge in [-0.3, -0.25) is 4.79 Å². The van der Waals surface area contributed by atoms with Gasteiger partial charge in [-0.25, -0.2) is 17.6 Å². The van der Waals surface area contributed by atoms with Crippen LogP contribution in [0.3, 0.4) is 0 Å². The Kier molecular flexibility index (Phi) is 11.6. The highest BCUT2D eigenvalue weighted by molar-refractivity contribution is 14.1. The van der Waals surface area contributed by atoms with E-state index in [1.54, 1.807) is 18.2 Å². The number of carbonyl (C=O) groups excluding carboxylic acids is 1. The lowest BCUT2D eigenvalue weighted by molar-refractivity contribution is 0.103. The average molecular weight is 933 g/mol. The molecule has 0 unspecified atom stereocenters. The number of hydrogen-bond donors (Lipinski definition) is 0. The van der Waals surface area contributed by atoms with Gasteiger partial charge in [-0.05, 0) is 101 Å². The van der Waals surface area contributed by atoms with Crippen LogP contribution in [-0.4, -0.2) is 36.9 Å². The zero-order valence-corrected chi connectivity index (χ0v) is 32.9. The molecule has 0 spiro atoms. The van der Waals surface area contributed by atoms with E-state index >= 15 is 0 Å². The molecule has 5 aromatic rings. The first kappa shape index (κ1) is 36.5. The molecule has 0 atom stereocenters. The van der Waals surface area contributed by atoms with Crippen molar-refractivity contribution in [3.8, 4) is 5.75 Å². The molecule has 4 aromatic carbocycles. The second-order valence-electron chi connectivity index (χ2n) is 11.5. The Morgan fingerprint density at radius 2 is 1.45 bits per heavy atom. The lowest BCUT2D eigenvalue weighted by atomic mass is 9.98. The number of carbonyl (C=O) groups is 1. The lowest BCUT2D eigenvalue weighted by Gasteiger charge is -2.19. The first-order valence-electron chi connectivity index (χ1n) is 15.9. The highest BCUT2D eigenvalue weighted by Gasteiger charge is 2.41. The summed E-state index contributed by atoms with van der Waals surface area (Å²) >= 11 is 5.48. The van der Waals surface area contributed by atoms with Crippen molar-refractivity contribution in [1.29, 1.82) is 0 Å². The Morgan fingerprint density at radius 1 is 0.857 bits per heavy atom. The standard InChI is InChI=1S/C37H32F4I2NO3S2/c1-4-7-8-29-35(36(45)20-13-27(42)37(28(43)14-20)46-12-11-44(5-2)6-3)22-10-9-21(15-30(22)47-29)49-33-18-25(40)23(38)16-31(33)48-32-17-24(39)26(41)19-34(32)49/h9-10,13-19H,4-8,11-12H2,1-3H3/q+1. The topological polar surface area (TPSA) is 42.7 Å². The van der Waals surface area contributed by atoms with E-state index in [2.05, 4.69) is 70.9 Å². The number of ketones is 1. The SMILES string of the molecule is CCCCc1oc2cc([S+]3c4cc(F)c(F)cc4Sc4cc(F)c(F)cc43)ccc2c1C(=O)c1cc(I)c(OCCN(CC)CC)c(I)c1. The maximum atomic E-state index is 14.6. The monoisotopic (exact) mass is 932 g/mol. The number of unbranched alkanes of at least 4 members (excludes halogenated alkanes) is 1. The molecule has 256 valence electrons. The van der Waals surface area contributed by atoms with E-state index in [0.29, 0.717) is 65.4 Å². The van der Waals surface area contributed by atoms with Gasteiger partial charge in [-0.15, -0.1) is 0 Å². The summed E-state index contributed by atoms with van der Waals surface area (Å²) in [6.45, 7) is 9.53. The smallest absolute Gasteiger partial charge is 0.197 e. The number of hydrogen-bond acceptors (Lipinski definition) is 5. The van der Waals surface area contributed by atoms with Crippen molar-refractivity contribution < 1.29 is 31.5 Å². The van der Waals surface area contributed by atoms with E-state index in [9.17, 15) is 22.4 Å². The third kappa shape index (κ3) is 7.40. The summed E-state index contributed by atoms with van der Waals surface area (Å²) in [6.07, 6.45) is 2.24. The van der Waals surface area contributed by atoms with E-state index in [1.807, 2.05) is 12.1 Å². The van der Waals surface area contributed by atoms with Crippen LogP contribution in [-0.2, 0) is 17.3 Å². The molecule has 1 aliphatic heterocycles. The number of fused-ring (bicyclic) bond motifs is 3. The van der Waals surface area contributed by atoms with E-state index in [0.717, 1.165) is 81.4 Å². The molecule has 0 bridgehead atoms. The Hall–Kier alpha value is -2.27. The van der Waals surface area contributed by atoms with Crippen LogP contribution < -0.4 is 4.74 Å². The van der Waals surface area contributed by atoms with Crippen molar-refractivity contribution in [2.24, 2.45) is 0 Å². The molecule has 0 N–H and O–H groups in total. The summed E-state index contributed by atoms with van der Waals surface area (Å²) in [5.41, 5.74) is 1.44. The van der Waals surface area contributed by atoms with Crippen LogP contribution in [0, 0.1) is 30.4 Å². The van der Waals surface area contributed by atoms with E-state index in [-0.39, 0.29) is 5.78 Å². The number of furan rings is 1. The van der Waals surface area contributed by atoms with Crippen LogP contribution in [0.1, 0.15) is 55.3 Å². The predicted molar refractivity (Wildman–Crippen MR) is 202 cm³/mol. The van der Waals surface area contributed by atoms with Gasteiger partial charge in [0, 0.05) is 42.1 Å². The summed E-state index contributed by atoms with van der Waals surface area (Å²) in [5, 5.41) is 0.621. The van der Waals surface area contributed by atoms with Crippen molar-refractivity contribution >= 4 is 84.6 Å². The van der Waals surface area contributed by atoms with Gasteiger partial charge in [0.15, 0.2) is 43.7 Å². The van der Waals surface area contributed by atoms with Gasteiger partial charge in [0.2, 0.25) is 0 Å². The second-order valence-corrected chi connectivity index (χ2v) is 16.8. The second kappa shape index (κ2) is 15.5. The van der Waals surface area contributed by atoms with Crippen molar-refractivity contribution in [3.63, 3.8) is 0 Å². The van der Waals surface area contributed by atoms with Gasteiger partial charge in [-0.1, -0.05) is 39.0 Å². The number of rotatable bonds is 12. The first-order chi connectivity index (χ1) is 23.5. The molecule has 12 heteroatoms. The number of likely N-dealkylation sites (N-methyl/N-ethyl adjacent to an activating group) is 1. The van der Waals surface area contributed by atoms with Crippen molar-refractivity contribution in [2.45, 2.75) is 64.5 Å². The molecule has 0 fully saturated rings. The van der Waals surface area contributed by atoms with Crippen molar-refractivity contribution in [3.05, 3.63) is 102 Å². The number of aryl methyl sites for hydroxylation is 1. The molecule has 0 radical (unpaired) electrons. The van der Waals surface area contributed by atoms with Crippen molar-refractivity contribution in [1.82, 2.24) is 4.90 Å². The zero-order chi connectivity index (χ0) is 35.0. The van der Waals surface area contributed by atoms with Crippen LogP contribution in [0.5, 0.6) is 5.75 Å². The first-order valence-corrected chi connectivity index (χ1v) is 20.1. The Bertz CT molecular complexity index is 1990. The molecule has 0 amide bonds. The van der Waals surface area contributed by atoms with Gasteiger partial charge in [0.25, 0.3) is 0 Å². The number of ether oxygens (including phenoxy) is 1. The molecular formula is C37H32F4I2NO3S2+. The van der Waals surface area contributed by atoms with Gasteiger partial charge in [0.1, 0.15) is 34.6 Å². The molecule has 6 rings (SSSR count). The molecule has 0 saturated carbocycles. The number of nitrogens with zero attached hydrogens (tertiary/aromatic N) is 1. The lowest BCUT2D eigenvalue weighted by Crippen LogP contribution is -2.28. The highest BCUT2D eigenvalue weighted by atomic mass is 127. The fourth-order valence-electron chi connectivity index (χ4n) is 5.80. The number of halogens is 6.